The molecule has 2 N–H and O–H groups in total. The highest BCUT2D eigenvalue weighted by Crippen LogP contribution is 2.28. The van der Waals surface area contributed by atoms with E-state index in [0.717, 1.165) is 14.8 Å². The molecular formula is C25H28Cl2IN5O2S. The van der Waals surface area contributed by atoms with E-state index in [9.17, 15) is 9.59 Å². The first-order valence-electron chi connectivity index (χ1n) is 11.3. The Labute approximate surface area is 239 Å². The lowest BCUT2D eigenvalue weighted by molar-refractivity contribution is -0.113. The van der Waals surface area contributed by atoms with Crippen LogP contribution in [0.4, 0.5) is 5.69 Å². The van der Waals surface area contributed by atoms with E-state index < -0.39 is 6.04 Å². The number of anilines is 1. The van der Waals surface area contributed by atoms with E-state index in [0.29, 0.717) is 26.6 Å². The van der Waals surface area contributed by atoms with Gasteiger partial charge in [0.25, 0.3) is 5.91 Å². The molecule has 0 aliphatic carbocycles. The number of rotatable bonds is 9. The van der Waals surface area contributed by atoms with Gasteiger partial charge in [0.15, 0.2) is 11.0 Å². The number of aromatic nitrogens is 3. The van der Waals surface area contributed by atoms with Crippen molar-refractivity contribution in [2.45, 2.75) is 44.8 Å². The number of hydrogen-bond acceptors (Lipinski definition) is 5. The van der Waals surface area contributed by atoms with Crippen LogP contribution in [0.15, 0.2) is 41.6 Å². The predicted molar refractivity (Wildman–Crippen MR) is 155 cm³/mol. The molecule has 0 unspecified atom stereocenters. The third kappa shape index (κ3) is 7.14. The number of benzene rings is 2. The van der Waals surface area contributed by atoms with Gasteiger partial charge in [-0.2, -0.15) is 0 Å². The van der Waals surface area contributed by atoms with Gasteiger partial charge in [0.1, 0.15) is 0 Å². The Morgan fingerprint density at radius 2 is 1.78 bits per heavy atom. The smallest absolute Gasteiger partial charge is 0.251 e. The Morgan fingerprint density at radius 3 is 2.42 bits per heavy atom. The summed E-state index contributed by atoms with van der Waals surface area (Å²) >= 11 is 15.6. The molecule has 0 aliphatic rings. The second-order valence-corrected chi connectivity index (χ2v) is 11.9. The molecule has 192 valence electrons. The minimum absolute atomic E-state index is 0.0381. The Morgan fingerprint density at radius 1 is 1.06 bits per heavy atom. The maximum Gasteiger partial charge on any atom is 0.251 e. The number of thioether (sulfide) groups is 1. The molecule has 0 bridgehead atoms. The highest BCUT2D eigenvalue weighted by Gasteiger charge is 2.26. The summed E-state index contributed by atoms with van der Waals surface area (Å²) in [6.07, 6.45) is 0. The SMILES string of the molecule is CC(C)c1cc(I)ccc1NC(=O)CSc1nnc([C@@H](NC(=O)c2ccc(Cl)c(Cl)c2)C(C)C)n1C. The fourth-order valence-electron chi connectivity index (χ4n) is 3.56. The van der Waals surface area contributed by atoms with Crippen molar-refractivity contribution in [3.05, 3.63) is 67.0 Å². The minimum atomic E-state index is -0.395. The molecule has 11 heteroatoms. The van der Waals surface area contributed by atoms with Crippen molar-refractivity contribution in [3.8, 4) is 0 Å². The first-order valence-corrected chi connectivity index (χ1v) is 14.2. The van der Waals surface area contributed by atoms with Gasteiger partial charge >= 0.3 is 0 Å². The number of carbonyl (C=O) groups excluding carboxylic acids is 2. The number of amides is 2. The van der Waals surface area contributed by atoms with Crippen molar-refractivity contribution < 1.29 is 9.59 Å². The number of nitrogens with one attached hydrogen (secondary N) is 2. The Kier molecular flexibility index (Phi) is 10.1. The van der Waals surface area contributed by atoms with Gasteiger partial charge in [0.05, 0.1) is 21.8 Å². The average molecular weight is 660 g/mol. The van der Waals surface area contributed by atoms with Crippen LogP contribution in [-0.4, -0.2) is 32.3 Å². The maximum absolute atomic E-state index is 12.9. The number of hydrogen-bond donors (Lipinski definition) is 2. The highest BCUT2D eigenvalue weighted by atomic mass is 127. The lowest BCUT2D eigenvalue weighted by Crippen LogP contribution is -2.33. The summed E-state index contributed by atoms with van der Waals surface area (Å²) < 4.78 is 2.93. The van der Waals surface area contributed by atoms with Crippen molar-refractivity contribution in [2.24, 2.45) is 13.0 Å². The second-order valence-electron chi connectivity index (χ2n) is 8.95. The molecule has 7 nitrogen and oxygen atoms in total. The molecule has 0 saturated heterocycles. The lowest BCUT2D eigenvalue weighted by atomic mass is 10.0. The molecule has 0 aliphatic heterocycles. The van der Waals surface area contributed by atoms with E-state index in [1.807, 2.05) is 37.6 Å². The van der Waals surface area contributed by atoms with Crippen molar-refractivity contribution in [1.82, 2.24) is 20.1 Å². The van der Waals surface area contributed by atoms with Crippen LogP contribution in [0, 0.1) is 9.49 Å². The van der Waals surface area contributed by atoms with Gasteiger partial charge in [-0.15, -0.1) is 10.2 Å². The topological polar surface area (TPSA) is 88.9 Å². The first kappa shape index (κ1) is 28.7. The quantitative estimate of drug-likeness (QED) is 0.197. The molecule has 0 fully saturated rings. The van der Waals surface area contributed by atoms with E-state index in [1.54, 1.807) is 12.1 Å². The van der Waals surface area contributed by atoms with Crippen molar-refractivity contribution in [1.29, 1.82) is 0 Å². The molecule has 0 spiro atoms. The van der Waals surface area contributed by atoms with Gasteiger partial charge in [-0.25, -0.2) is 0 Å². The number of carbonyl (C=O) groups is 2. The normalized spacial score (nSPS) is 12.2. The molecular weight excluding hydrogens is 632 g/mol. The summed E-state index contributed by atoms with van der Waals surface area (Å²) in [6, 6.07) is 10.3. The van der Waals surface area contributed by atoms with E-state index >= 15 is 0 Å². The van der Waals surface area contributed by atoms with Crippen LogP contribution in [0.3, 0.4) is 0 Å². The summed E-state index contributed by atoms with van der Waals surface area (Å²) in [5.74, 6) is 0.689. The van der Waals surface area contributed by atoms with Gasteiger partial charge in [0.2, 0.25) is 5.91 Å². The van der Waals surface area contributed by atoms with Crippen molar-refractivity contribution in [3.63, 3.8) is 0 Å². The summed E-state index contributed by atoms with van der Waals surface area (Å²) in [6.45, 7) is 8.18. The van der Waals surface area contributed by atoms with Crippen molar-refractivity contribution in [2.75, 3.05) is 11.1 Å². The van der Waals surface area contributed by atoms with Crippen LogP contribution in [0.1, 0.15) is 61.4 Å². The third-order valence-corrected chi connectivity index (χ3v) is 7.95. The first-order chi connectivity index (χ1) is 17.0. The molecule has 0 saturated carbocycles. The summed E-state index contributed by atoms with van der Waals surface area (Å²) in [5.41, 5.74) is 2.32. The molecule has 1 aromatic heterocycles. The monoisotopic (exact) mass is 659 g/mol. The zero-order valence-corrected chi connectivity index (χ0v) is 25.1. The lowest BCUT2D eigenvalue weighted by Gasteiger charge is -2.22. The van der Waals surface area contributed by atoms with Crippen LogP contribution < -0.4 is 10.6 Å². The summed E-state index contributed by atoms with van der Waals surface area (Å²) in [4.78, 5) is 25.6. The zero-order chi connectivity index (χ0) is 26.6. The van der Waals surface area contributed by atoms with Crippen LogP contribution >= 0.6 is 57.6 Å². The number of nitrogens with zero attached hydrogens (tertiary/aromatic N) is 3. The minimum Gasteiger partial charge on any atom is -0.342 e. The van der Waals surface area contributed by atoms with Crippen LogP contribution in [0.5, 0.6) is 0 Å². The summed E-state index contributed by atoms with van der Waals surface area (Å²) in [5, 5.41) is 15.9. The van der Waals surface area contributed by atoms with Crippen LogP contribution in [0.25, 0.3) is 0 Å². The van der Waals surface area contributed by atoms with Gasteiger partial charge in [-0.05, 0) is 76.4 Å². The van der Waals surface area contributed by atoms with E-state index in [4.69, 9.17) is 23.2 Å². The van der Waals surface area contributed by atoms with Crippen LogP contribution in [-0.2, 0) is 11.8 Å². The molecule has 0 radical (unpaired) electrons. The standard InChI is InChI=1S/C25H28Cl2IN5O2S/c1-13(2)17-11-16(28)7-9-20(17)29-21(34)12-36-25-32-31-23(33(25)5)22(14(3)4)30-24(35)15-6-8-18(26)19(27)10-15/h6-11,13-14,22H,12H2,1-5H3,(H,29,34)(H,30,35)/t22-/m0/s1. The van der Waals surface area contributed by atoms with E-state index in [2.05, 4.69) is 63.3 Å². The largest absolute Gasteiger partial charge is 0.342 e. The van der Waals surface area contributed by atoms with Crippen LogP contribution in [0.2, 0.25) is 10.0 Å². The zero-order valence-electron chi connectivity index (χ0n) is 20.6. The second kappa shape index (κ2) is 12.6. The Hall–Kier alpha value is -1.82. The maximum atomic E-state index is 12.9. The fourth-order valence-corrected chi connectivity index (χ4v) is 5.09. The number of halogens is 3. The molecule has 1 atom stereocenters. The van der Waals surface area contributed by atoms with E-state index in [-0.39, 0.29) is 29.4 Å². The highest BCUT2D eigenvalue weighted by molar-refractivity contribution is 14.1. The van der Waals surface area contributed by atoms with Crippen molar-refractivity contribution >= 4 is 75.1 Å². The van der Waals surface area contributed by atoms with Gasteiger partial charge in [-0.1, -0.05) is 62.7 Å². The molecule has 3 rings (SSSR count). The summed E-state index contributed by atoms with van der Waals surface area (Å²) in [7, 11) is 1.83. The average Bonchev–Trinajstić information content (AvgIpc) is 3.18. The van der Waals surface area contributed by atoms with Gasteiger partial charge in [0, 0.05) is 21.9 Å². The Bertz CT molecular complexity index is 1270. The molecule has 2 amide bonds. The van der Waals surface area contributed by atoms with Gasteiger partial charge < -0.3 is 15.2 Å². The molecule has 2 aromatic carbocycles. The molecule has 3 aromatic rings. The Balaban J connectivity index is 1.69. The molecule has 36 heavy (non-hydrogen) atoms. The van der Waals surface area contributed by atoms with Gasteiger partial charge in [-0.3, -0.25) is 9.59 Å². The fraction of sp³-hybridized carbons (Fsp3) is 0.360. The van der Waals surface area contributed by atoms with E-state index in [1.165, 1.54) is 17.8 Å². The predicted octanol–water partition coefficient (Wildman–Crippen LogP) is 6.71. The third-order valence-electron chi connectivity index (χ3n) is 5.52. The molecule has 1 heterocycles.